The number of pyridine rings is 1. The molecule has 3 aromatic carbocycles. The van der Waals surface area contributed by atoms with Crippen molar-refractivity contribution in [3.8, 4) is 11.3 Å². The minimum absolute atomic E-state index is 0.126. The number of rotatable bonds is 4. The number of carbonyl (C=O) groups excluding carboxylic acids is 1. The number of halogens is 1. The molecule has 3 nitrogen and oxygen atoms in total. The van der Waals surface area contributed by atoms with Crippen LogP contribution in [0.2, 0.25) is 5.02 Å². The first-order chi connectivity index (χ1) is 14.9. The van der Waals surface area contributed by atoms with Gasteiger partial charge in [0.25, 0.3) is 5.91 Å². The Hall–Kier alpha value is -3.17. The first kappa shape index (κ1) is 21.1. The van der Waals surface area contributed by atoms with Gasteiger partial charge in [-0.15, -0.1) is 0 Å². The maximum absolute atomic E-state index is 13.6. The Kier molecular flexibility index (Phi) is 5.79. The van der Waals surface area contributed by atoms with Crippen LogP contribution < -0.4 is 5.32 Å². The summed E-state index contributed by atoms with van der Waals surface area (Å²) in [4.78, 5) is 18.6. The molecule has 156 valence electrons. The molecule has 1 amide bonds. The highest BCUT2D eigenvalue weighted by Gasteiger charge is 2.21. The third-order valence-electron chi connectivity index (χ3n) is 5.64. The zero-order chi connectivity index (χ0) is 22.1. The second-order valence-electron chi connectivity index (χ2n) is 7.91. The zero-order valence-corrected chi connectivity index (χ0v) is 19.0. The van der Waals surface area contributed by atoms with Gasteiger partial charge in [0, 0.05) is 21.7 Å². The van der Waals surface area contributed by atoms with Gasteiger partial charge in [0.1, 0.15) is 0 Å². The van der Waals surface area contributed by atoms with Crippen molar-refractivity contribution >= 4 is 34.1 Å². The van der Waals surface area contributed by atoms with E-state index in [4.69, 9.17) is 16.6 Å². The number of amides is 1. The summed E-state index contributed by atoms with van der Waals surface area (Å²) in [5.74, 6) is -0.126. The van der Waals surface area contributed by atoms with Crippen molar-refractivity contribution in [2.24, 2.45) is 0 Å². The topological polar surface area (TPSA) is 42.0 Å². The Labute approximate surface area is 188 Å². The average molecular weight is 429 g/mol. The van der Waals surface area contributed by atoms with Gasteiger partial charge in [-0.2, -0.15) is 0 Å². The van der Waals surface area contributed by atoms with E-state index in [0.717, 1.165) is 56.5 Å². The van der Waals surface area contributed by atoms with E-state index in [1.165, 1.54) is 0 Å². The van der Waals surface area contributed by atoms with E-state index in [2.05, 4.69) is 18.3 Å². The fourth-order valence-corrected chi connectivity index (χ4v) is 4.35. The number of aromatic nitrogens is 1. The van der Waals surface area contributed by atoms with Gasteiger partial charge in [0.05, 0.1) is 16.8 Å². The molecule has 0 saturated heterocycles. The zero-order valence-electron chi connectivity index (χ0n) is 18.2. The number of carbonyl (C=O) groups is 1. The highest BCUT2D eigenvalue weighted by atomic mass is 35.5. The standard InChI is InChI=1S/C27H25ClN2O/c1-5-19-9-6-7-12-23(19)29-27(31)24-18(4)26(20-10-8-11-21(28)15-20)30-25-17(3)13-16(2)14-22(24)25/h6-15H,5H2,1-4H3,(H,29,31). The minimum Gasteiger partial charge on any atom is -0.322 e. The molecule has 0 aliphatic heterocycles. The van der Waals surface area contributed by atoms with E-state index >= 15 is 0 Å². The summed E-state index contributed by atoms with van der Waals surface area (Å²) in [5.41, 5.74) is 8.09. The van der Waals surface area contributed by atoms with Crippen LogP contribution in [0.4, 0.5) is 5.69 Å². The van der Waals surface area contributed by atoms with Gasteiger partial charge in [-0.05, 0) is 68.1 Å². The lowest BCUT2D eigenvalue weighted by Crippen LogP contribution is -2.16. The van der Waals surface area contributed by atoms with Crippen LogP contribution >= 0.6 is 11.6 Å². The summed E-state index contributed by atoms with van der Waals surface area (Å²) in [6.45, 7) is 8.12. The molecule has 31 heavy (non-hydrogen) atoms. The summed E-state index contributed by atoms with van der Waals surface area (Å²) in [5, 5.41) is 4.66. The first-order valence-electron chi connectivity index (χ1n) is 10.5. The molecule has 0 atom stereocenters. The Morgan fingerprint density at radius 3 is 2.52 bits per heavy atom. The van der Waals surface area contributed by atoms with Gasteiger partial charge in [-0.3, -0.25) is 4.79 Å². The number of anilines is 1. The van der Waals surface area contributed by atoms with Crippen molar-refractivity contribution in [3.63, 3.8) is 0 Å². The number of hydrogen-bond acceptors (Lipinski definition) is 2. The van der Waals surface area contributed by atoms with Crippen molar-refractivity contribution in [1.29, 1.82) is 0 Å². The molecule has 0 saturated carbocycles. The molecule has 1 N–H and O–H groups in total. The summed E-state index contributed by atoms with van der Waals surface area (Å²) >= 11 is 6.25. The van der Waals surface area contributed by atoms with E-state index in [0.29, 0.717) is 10.6 Å². The van der Waals surface area contributed by atoms with Gasteiger partial charge in [-0.25, -0.2) is 4.98 Å². The molecule has 4 rings (SSSR count). The molecular weight excluding hydrogens is 404 g/mol. The molecule has 0 aliphatic rings. The van der Waals surface area contributed by atoms with E-state index in [9.17, 15) is 4.79 Å². The second-order valence-corrected chi connectivity index (χ2v) is 8.35. The number of hydrogen-bond donors (Lipinski definition) is 1. The Balaban J connectivity index is 1.96. The third kappa shape index (κ3) is 4.06. The maximum atomic E-state index is 13.6. The van der Waals surface area contributed by atoms with E-state index in [1.54, 1.807) is 0 Å². The second kappa shape index (κ2) is 8.52. The monoisotopic (exact) mass is 428 g/mol. The highest BCUT2D eigenvalue weighted by molar-refractivity contribution is 6.30. The third-order valence-corrected chi connectivity index (χ3v) is 5.87. The van der Waals surface area contributed by atoms with Crippen LogP contribution in [0.1, 0.15) is 39.5 Å². The highest BCUT2D eigenvalue weighted by Crippen LogP contribution is 2.33. The fourth-order valence-electron chi connectivity index (χ4n) is 4.16. The maximum Gasteiger partial charge on any atom is 0.256 e. The van der Waals surface area contributed by atoms with Crippen LogP contribution in [-0.4, -0.2) is 10.9 Å². The average Bonchev–Trinajstić information content (AvgIpc) is 2.73. The number of aryl methyl sites for hydroxylation is 3. The lowest BCUT2D eigenvalue weighted by atomic mass is 9.94. The van der Waals surface area contributed by atoms with Crippen molar-refractivity contribution in [2.75, 3.05) is 5.32 Å². The predicted molar refractivity (Wildman–Crippen MR) is 130 cm³/mol. The van der Waals surface area contributed by atoms with Crippen molar-refractivity contribution < 1.29 is 4.79 Å². The molecule has 0 aliphatic carbocycles. The first-order valence-corrected chi connectivity index (χ1v) is 10.8. The molecule has 1 aromatic heterocycles. The molecule has 0 unspecified atom stereocenters. The Bertz CT molecular complexity index is 1310. The summed E-state index contributed by atoms with van der Waals surface area (Å²) in [6.07, 6.45) is 0.846. The molecule has 0 bridgehead atoms. The largest absolute Gasteiger partial charge is 0.322 e. The minimum atomic E-state index is -0.126. The number of benzene rings is 3. The Morgan fingerprint density at radius 1 is 1.00 bits per heavy atom. The smallest absolute Gasteiger partial charge is 0.256 e. The van der Waals surface area contributed by atoms with Crippen LogP contribution in [-0.2, 0) is 6.42 Å². The molecule has 0 spiro atoms. The fraction of sp³-hybridized carbons (Fsp3) is 0.185. The molecule has 0 fully saturated rings. The van der Waals surface area contributed by atoms with E-state index < -0.39 is 0 Å². The predicted octanol–water partition coefficient (Wildman–Crippen LogP) is 7.30. The van der Waals surface area contributed by atoms with Crippen LogP contribution in [0, 0.1) is 20.8 Å². The number of para-hydroxylation sites is 1. The van der Waals surface area contributed by atoms with Crippen molar-refractivity contribution in [1.82, 2.24) is 4.98 Å². The summed E-state index contributed by atoms with van der Waals surface area (Å²) in [6, 6.07) is 19.7. The summed E-state index contributed by atoms with van der Waals surface area (Å²) < 4.78 is 0. The van der Waals surface area contributed by atoms with Gasteiger partial charge >= 0.3 is 0 Å². The quantitative estimate of drug-likeness (QED) is 0.370. The van der Waals surface area contributed by atoms with Gasteiger partial charge in [0.15, 0.2) is 0 Å². The Morgan fingerprint density at radius 2 is 1.77 bits per heavy atom. The van der Waals surface area contributed by atoms with Crippen molar-refractivity contribution in [3.05, 3.63) is 93.5 Å². The molecule has 0 radical (unpaired) electrons. The molecule has 4 aromatic rings. The number of nitrogens with one attached hydrogen (secondary N) is 1. The van der Waals surface area contributed by atoms with E-state index in [-0.39, 0.29) is 5.91 Å². The van der Waals surface area contributed by atoms with Crippen LogP contribution in [0.15, 0.2) is 60.7 Å². The number of fused-ring (bicyclic) bond motifs is 1. The molecular formula is C27H25ClN2O. The van der Waals surface area contributed by atoms with Crippen molar-refractivity contribution in [2.45, 2.75) is 34.1 Å². The normalized spacial score (nSPS) is 11.0. The number of nitrogens with zero attached hydrogens (tertiary/aromatic N) is 1. The van der Waals surface area contributed by atoms with Crippen LogP contribution in [0.25, 0.3) is 22.2 Å². The van der Waals surface area contributed by atoms with Gasteiger partial charge in [0.2, 0.25) is 0 Å². The lowest BCUT2D eigenvalue weighted by Gasteiger charge is -2.17. The van der Waals surface area contributed by atoms with Crippen LogP contribution in [0.5, 0.6) is 0 Å². The van der Waals surface area contributed by atoms with Gasteiger partial charge < -0.3 is 5.32 Å². The molecule has 1 heterocycles. The lowest BCUT2D eigenvalue weighted by molar-refractivity contribution is 0.102. The van der Waals surface area contributed by atoms with Gasteiger partial charge in [-0.1, -0.05) is 60.5 Å². The van der Waals surface area contributed by atoms with E-state index in [1.807, 2.05) is 75.4 Å². The van der Waals surface area contributed by atoms with Crippen LogP contribution in [0.3, 0.4) is 0 Å². The molecule has 4 heteroatoms. The SMILES string of the molecule is CCc1ccccc1NC(=O)c1c(C)c(-c2cccc(Cl)c2)nc2c(C)cc(C)cc12. The summed E-state index contributed by atoms with van der Waals surface area (Å²) in [7, 11) is 0.